The lowest BCUT2D eigenvalue weighted by Crippen LogP contribution is -2.39. The van der Waals surface area contributed by atoms with Crippen LogP contribution in [0.4, 0.5) is 0 Å². The van der Waals surface area contributed by atoms with E-state index in [0.29, 0.717) is 24.1 Å². The summed E-state index contributed by atoms with van der Waals surface area (Å²) in [4.78, 5) is 2.25. The second-order valence-corrected chi connectivity index (χ2v) is 7.14. The molecule has 1 fully saturated rings. The molecule has 1 aliphatic rings. The van der Waals surface area contributed by atoms with Crippen molar-refractivity contribution in [1.82, 2.24) is 10.2 Å². The van der Waals surface area contributed by atoms with E-state index in [1.807, 2.05) is 6.92 Å². The fourth-order valence-corrected chi connectivity index (χ4v) is 3.65. The molecule has 1 N–H and O–H groups in total. The van der Waals surface area contributed by atoms with Gasteiger partial charge in [-0.05, 0) is 32.4 Å². The van der Waals surface area contributed by atoms with E-state index in [0.717, 1.165) is 26.1 Å². The first kappa shape index (κ1) is 14.9. The van der Waals surface area contributed by atoms with Gasteiger partial charge in [-0.25, -0.2) is 8.42 Å². The summed E-state index contributed by atoms with van der Waals surface area (Å²) in [5.41, 5.74) is 0. The number of rotatable bonds is 8. The molecule has 17 heavy (non-hydrogen) atoms. The monoisotopic (exact) mass is 262 g/mol. The van der Waals surface area contributed by atoms with E-state index in [1.54, 1.807) is 0 Å². The standard InChI is InChI=1S/C12H26N2O2S/c1-3-9-17(15,16)10-8-14(4-2)11-12-6-5-7-13-12/h12-13H,3-11H2,1-2H3. The van der Waals surface area contributed by atoms with Gasteiger partial charge in [0.1, 0.15) is 0 Å². The van der Waals surface area contributed by atoms with Crippen LogP contribution < -0.4 is 5.32 Å². The van der Waals surface area contributed by atoms with Crippen LogP contribution in [0.25, 0.3) is 0 Å². The van der Waals surface area contributed by atoms with Crippen molar-refractivity contribution < 1.29 is 8.42 Å². The number of likely N-dealkylation sites (N-methyl/N-ethyl adjacent to an activating group) is 1. The molecule has 0 radical (unpaired) electrons. The van der Waals surface area contributed by atoms with Gasteiger partial charge in [0.05, 0.1) is 5.75 Å². The topological polar surface area (TPSA) is 49.4 Å². The summed E-state index contributed by atoms with van der Waals surface area (Å²) < 4.78 is 23.3. The maximum absolute atomic E-state index is 11.6. The summed E-state index contributed by atoms with van der Waals surface area (Å²) in [7, 11) is -2.83. The van der Waals surface area contributed by atoms with Gasteiger partial charge < -0.3 is 10.2 Å². The Morgan fingerprint density at radius 2 is 2.06 bits per heavy atom. The molecule has 0 aromatic carbocycles. The highest BCUT2D eigenvalue weighted by Gasteiger charge is 2.18. The molecule has 1 atom stereocenters. The van der Waals surface area contributed by atoms with E-state index >= 15 is 0 Å². The van der Waals surface area contributed by atoms with Crippen molar-refractivity contribution in [1.29, 1.82) is 0 Å². The Balaban J connectivity index is 2.31. The molecule has 0 aliphatic carbocycles. The van der Waals surface area contributed by atoms with Crippen molar-refractivity contribution in [3.63, 3.8) is 0 Å². The molecule has 1 rings (SSSR count). The predicted octanol–water partition coefficient (Wildman–Crippen LogP) is 0.885. The Kier molecular flexibility index (Phi) is 6.44. The van der Waals surface area contributed by atoms with Gasteiger partial charge in [0.25, 0.3) is 0 Å². The normalized spacial score (nSPS) is 21.2. The number of hydrogen-bond donors (Lipinski definition) is 1. The van der Waals surface area contributed by atoms with Crippen molar-refractivity contribution in [2.24, 2.45) is 0 Å². The first-order valence-corrected chi connectivity index (χ1v) is 8.55. The third kappa shape index (κ3) is 5.84. The van der Waals surface area contributed by atoms with Gasteiger partial charge in [-0.2, -0.15) is 0 Å². The zero-order valence-corrected chi connectivity index (χ0v) is 11.9. The second-order valence-electron chi connectivity index (χ2n) is 4.84. The maximum Gasteiger partial charge on any atom is 0.151 e. The van der Waals surface area contributed by atoms with Gasteiger partial charge in [-0.15, -0.1) is 0 Å². The summed E-state index contributed by atoms with van der Waals surface area (Å²) in [6.07, 6.45) is 3.19. The van der Waals surface area contributed by atoms with Gasteiger partial charge in [0, 0.05) is 24.9 Å². The van der Waals surface area contributed by atoms with Gasteiger partial charge in [-0.1, -0.05) is 13.8 Å². The number of sulfone groups is 1. The largest absolute Gasteiger partial charge is 0.313 e. The van der Waals surface area contributed by atoms with Crippen LogP contribution >= 0.6 is 0 Å². The Labute approximate surface area is 106 Å². The molecule has 1 aliphatic heterocycles. The summed E-state index contributed by atoms with van der Waals surface area (Å²) >= 11 is 0. The fourth-order valence-electron chi connectivity index (χ4n) is 2.28. The van der Waals surface area contributed by atoms with Gasteiger partial charge in [0.2, 0.25) is 0 Å². The Morgan fingerprint density at radius 3 is 2.59 bits per heavy atom. The zero-order chi connectivity index (χ0) is 12.7. The third-order valence-corrected chi connectivity index (χ3v) is 5.16. The zero-order valence-electron chi connectivity index (χ0n) is 11.1. The summed E-state index contributed by atoms with van der Waals surface area (Å²) in [5.74, 6) is 0.633. The van der Waals surface area contributed by atoms with E-state index < -0.39 is 9.84 Å². The lowest BCUT2D eigenvalue weighted by molar-refractivity contribution is 0.275. The number of nitrogens with zero attached hydrogens (tertiary/aromatic N) is 1. The molecule has 0 saturated carbocycles. The summed E-state index contributed by atoms with van der Waals surface area (Å²) in [5, 5.41) is 3.45. The van der Waals surface area contributed by atoms with Crippen molar-refractivity contribution in [3.8, 4) is 0 Å². The molecule has 1 heterocycles. The number of hydrogen-bond acceptors (Lipinski definition) is 4. The fraction of sp³-hybridized carbons (Fsp3) is 1.00. The molecule has 0 aromatic rings. The lowest BCUT2D eigenvalue weighted by atomic mass is 10.2. The minimum Gasteiger partial charge on any atom is -0.313 e. The lowest BCUT2D eigenvalue weighted by Gasteiger charge is -2.23. The van der Waals surface area contributed by atoms with Crippen LogP contribution in [0.3, 0.4) is 0 Å². The highest BCUT2D eigenvalue weighted by molar-refractivity contribution is 7.91. The van der Waals surface area contributed by atoms with Crippen molar-refractivity contribution in [3.05, 3.63) is 0 Å². The van der Waals surface area contributed by atoms with Crippen molar-refractivity contribution >= 4 is 9.84 Å². The highest BCUT2D eigenvalue weighted by atomic mass is 32.2. The van der Waals surface area contributed by atoms with Gasteiger partial charge in [0.15, 0.2) is 9.84 Å². The molecule has 0 bridgehead atoms. The van der Waals surface area contributed by atoms with Gasteiger partial charge in [-0.3, -0.25) is 0 Å². The minimum absolute atomic E-state index is 0.307. The van der Waals surface area contributed by atoms with E-state index in [1.165, 1.54) is 12.8 Å². The molecule has 4 nitrogen and oxygen atoms in total. The van der Waals surface area contributed by atoms with E-state index in [2.05, 4.69) is 17.1 Å². The molecule has 5 heteroatoms. The number of nitrogens with one attached hydrogen (secondary N) is 1. The molecule has 0 aromatic heterocycles. The minimum atomic E-state index is -2.83. The Bertz CT molecular complexity index is 298. The summed E-state index contributed by atoms with van der Waals surface area (Å²) in [6, 6.07) is 0.559. The second kappa shape index (κ2) is 7.34. The van der Waals surface area contributed by atoms with Crippen LogP contribution in [0, 0.1) is 0 Å². The third-order valence-electron chi connectivity index (χ3n) is 3.32. The quantitative estimate of drug-likeness (QED) is 0.706. The Hall–Kier alpha value is -0.130. The van der Waals surface area contributed by atoms with Crippen molar-refractivity contribution in [2.75, 3.05) is 37.7 Å². The van der Waals surface area contributed by atoms with Crippen LogP contribution in [-0.4, -0.2) is 57.0 Å². The van der Waals surface area contributed by atoms with Crippen LogP contribution in [-0.2, 0) is 9.84 Å². The molecule has 0 spiro atoms. The maximum atomic E-state index is 11.6. The average molecular weight is 262 g/mol. The van der Waals surface area contributed by atoms with E-state index in [-0.39, 0.29) is 0 Å². The smallest absolute Gasteiger partial charge is 0.151 e. The molecular formula is C12H26N2O2S. The first-order chi connectivity index (χ1) is 8.07. The van der Waals surface area contributed by atoms with Crippen LogP contribution in [0.2, 0.25) is 0 Å². The van der Waals surface area contributed by atoms with Crippen molar-refractivity contribution in [2.45, 2.75) is 39.2 Å². The van der Waals surface area contributed by atoms with Crippen LogP contribution in [0.1, 0.15) is 33.1 Å². The molecule has 0 amide bonds. The molecular weight excluding hydrogens is 236 g/mol. The Morgan fingerprint density at radius 1 is 1.29 bits per heavy atom. The van der Waals surface area contributed by atoms with Crippen LogP contribution in [0.5, 0.6) is 0 Å². The molecule has 1 saturated heterocycles. The average Bonchev–Trinajstić information content (AvgIpc) is 2.76. The van der Waals surface area contributed by atoms with E-state index in [9.17, 15) is 8.42 Å². The van der Waals surface area contributed by atoms with Gasteiger partial charge >= 0.3 is 0 Å². The highest BCUT2D eigenvalue weighted by Crippen LogP contribution is 2.07. The first-order valence-electron chi connectivity index (χ1n) is 6.73. The van der Waals surface area contributed by atoms with Crippen LogP contribution in [0.15, 0.2) is 0 Å². The molecule has 1 unspecified atom stereocenters. The SMILES string of the molecule is CCCS(=O)(=O)CCN(CC)CC1CCCN1. The summed E-state index contributed by atoms with van der Waals surface area (Å²) in [6.45, 7) is 7.71. The van der Waals surface area contributed by atoms with E-state index in [4.69, 9.17) is 0 Å². The molecule has 102 valence electrons. The predicted molar refractivity (Wildman–Crippen MR) is 72.1 cm³/mol.